The second kappa shape index (κ2) is 12.5. The Morgan fingerprint density at radius 2 is 2.00 bits per heavy atom. The second-order valence-electron chi connectivity index (χ2n) is 10.4. The molecular formula is C27H42N2O7. The molecule has 0 aromatic rings. The van der Waals surface area contributed by atoms with E-state index < -0.39 is 23.7 Å². The number of carbonyl (C=O) groups excluding carboxylic acids is 2. The van der Waals surface area contributed by atoms with Crippen LogP contribution in [0.3, 0.4) is 0 Å². The number of primary amides is 1. The molecule has 3 rings (SSSR count). The molecule has 202 valence electrons. The molecule has 0 bridgehead atoms. The van der Waals surface area contributed by atoms with Crippen LogP contribution in [0.5, 0.6) is 0 Å². The van der Waals surface area contributed by atoms with E-state index in [1.54, 1.807) is 13.2 Å². The average molecular weight is 507 g/mol. The van der Waals surface area contributed by atoms with E-state index in [1.165, 1.54) is 6.08 Å². The summed E-state index contributed by atoms with van der Waals surface area (Å²) in [5.41, 5.74) is 5.73. The highest BCUT2D eigenvalue weighted by Gasteiger charge is 2.58. The minimum Gasteiger partial charge on any atom is -0.387 e. The second-order valence-corrected chi connectivity index (χ2v) is 10.4. The SMILES string of the molecule is COC(C)/C=C\C(=O)NC1CC(C)C(C/C=C(C)/C=C/C2O[C@H](CC(N)=O)CC3(CO3)[C@@H]2O)OC1C. The first kappa shape index (κ1) is 28.5. The minimum absolute atomic E-state index is 0.0418. The Morgan fingerprint density at radius 1 is 1.28 bits per heavy atom. The predicted octanol–water partition coefficient (Wildman–Crippen LogP) is 1.93. The molecule has 0 aliphatic carbocycles. The Balaban J connectivity index is 1.51. The van der Waals surface area contributed by atoms with Crippen LogP contribution in [0.15, 0.2) is 36.0 Å². The fourth-order valence-corrected chi connectivity index (χ4v) is 4.89. The number of ether oxygens (including phenoxy) is 4. The summed E-state index contributed by atoms with van der Waals surface area (Å²) in [4.78, 5) is 23.6. The van der Waals surface area contributed by atoms with E-state index in [-0.39, 0.29) is 48.7 Å². The van der Waals surface area contributed by atoms with Gasteiger partial charge < -0.3 is 35.1 Å². The quantitative estimate of drug-likeness (QED) is 0.234. The van der Waals surface area contributed by atoms with Gasteiger partial charge in [-0.05, 0) is 39.5 Å². The summed E-state index contributed by atoms with van der Waals surface area (Å²) in [5.74, 6) is -0.304. The number of hydrogen-bond acceptors (Lipinski definition) is 7. The molecule has 3 fully saturated rings. The van der Waals surface area contributed by atoms with E-state index in [4.69, 9.17) is 24.7 Å². The zero-order valence-corrected chi connectivity index (χ0v) is 22.0. The summed E-state index contributed by atoms with van der Waals surface area (Å²) in [6.45, 7) is 8.45. The zero-order valence-electron chi connectivity index (χ0n) is 22.0. The number of nitrogens with one attached hydrogen (secondary N) is 1. The molecule has 3 aliphatic heterocycles. The van der Waals surface area contributed by atoms with E-state index in [9.17, 15) is 14.7 Å². The first-order chi connectivity index (χ1) is 17.0. The molecule has 0 saturated carbocycles. The Labute approximate surface area is 214 Å². The highest BCUT2D eigenvalue weighted by Crippen LogP contribution is 2.43. The highest BCUT2D eigenvalue weighted by atomic mass is 16.6. The summed E-state index contributed by atoms with van der Waals surface area (Å²) < 4.78 is 22.8. The van der Waals surface area contributed by atoms with Gasteiger partial charge in [-0.3, -0.25) is 9.59 Å². The molecule has 3 saturated heterocycles. The van der Waals surface area contributed by atoms with Crippen molar-refractivity contribution in [2.45, 2.75) is 102 Å². The van der Waals surface area contributed by atoms with Crippen molar-refractivity contribution in [2.24, 2.45) is 11.7 Å². The first-order valence-corrected chi connectivity index (χ1v) is 12.8. The van der Waals surface area contributed by atoms with Gasteiger partial charge in [-0.25, -0.2) is 0 Å². The normalized spacial score (nSPS) is 37.9. The van der Waals surface area contributed by atoms with Gasteiger partial charge in [0, 0.05) is 19.6 Å². The zero-order chi connectivity index (χ0) is 26.5. The van der Waals surface area contributed by atoms with E-state index in [2.05, 4.69) is 18.3 Å². The number of methoxy groups -OCH3 is 1. The number of amides is 2. The van der Waals surface area contributed by atoms with Gasteiger partial charge in [-0.15, -0.1) is 0 Å². The maximum atomic E-state index is 12.2. The number of hydrogen-bond donors (Lipinski definition) is 3. The van der Waals surface area contributed by atoms with Crippen molar-refractivity contribution in [3.63, 3.8) is 0 Å². The molecular weight excluding hydrogens is 464 g/mol. The number of aliphatic hydroxyl groups excluding tert-OH is 1. The van der Waals surface area contributed by atoms with E-state index in [1.807, 2.05) is 32.9 Å². The van der Waals surface area contributed by atoms with Gasteiger partial charge in [0.1, 0.15) is 17.8 Å². The van der Waals surface area contributed by atoms with Crippen LogP contribution >= 0.6 is 0 Å². The molecule has 0 radical (unpaired) electrons. The fraction of sp³-hybridized carbons (Fsp3) is 0.704. The van der Waals surface area contributed by atoms with Crippen molar-refractivity contribution in [1.82, 2.24) is 5.32 Å². The van der Waals surface area contributed by atoms with Crippen molar-refractivity contribution in [2.75, 3.05) is 13.7 Å². The maximum Gasteiger partial charge on any atom is 0.244 e. The number of carbonyl (C=O) groups is 2. The van der Waals surface area contributed by atoms with Gasteiger partial charge in [0.2, 0.25) is 11.8 Å². The molecule has 9 atom stereocenters. The Bertz CT molecular complexity index is 866. The highest BCUT2D eigenvalue weighted by molar-refractivity contribution is 5.87. The summed E-state index contributed by atoms with van der Waals surface area (Å²) in [5, 5.41) is 13.7. The van der Waals surface area contributed by atoms with Crippen molar-refractivity contribution in [1.29, 1.82) is 0 Å². The first-order valence-electron chi connectivity index (χ1n) is 12.8. The molecule has 7 unspecified atom stereocenters. The number of rotatable bonds is 10. The lowest BCUT2D eigenvalue weighted by atomic mass is 9.87. The van der Waals surface area contributed by atoms with Crippen LogP contribution in [-0.2, 0) is 28.5 Å². The van der Waals surface area contributed by atoms with Crippen LogP contribution < -0.4 is 11.1 Å². The largest absolute Gasteiger partial charge is 0.387 e. The van der Waals surface area contributed by atoms with Gasteiger partial charge in [0.25, 0.3) is 0 Å². The minimum atomic E-state index is -0.784. The Hall–Kier alpha value is -2.04. The Kier molecular flexibility index (Phi) is 9.88. The fourth-order valence-electron chi connectivity index (χ4n) is 4.89. The molecule has 0 aromatic heterocycles. The lowest BCUT2D eigenvalue weighted by molar-refractivity contribution is -0.143. The third-order valence-electron chi connectivity index (χ3n) is 7.37. The molecule has 1 spiro atoms. The number of epoxide rings is 1. The van der Waals surface area contributed by atoms with Crippen molar-refractivity contribution >= 4 is 11.8 Å². The predicted molar refractivity (Wildman–Crippen MR) is 135 cm³/mol. The topological polar surface area (TPSA) is 133 Å². The monoisotopic (exact) mass is 506 g/mol. The maximum absolute atomic E-state index is 12.2. The van der Waals surface area contributed by atoms with Gasteiger partial charge in [0.05, 0.1) is 43.5 Å². The molecule has 3 aliphatic rings. The molecule has 3 heterocycles. The third-order valence-corrected chi connectivity index (χ3v) is 7.37. The number of aliphatic hydroxyl groups is 1. The van der Waals surface area contributed by atoms with Crippen molar-refractivity contribution < 1.29 is 33.6 Å². The van der Waals surface area contributed by atoms with Crippen LogP contribution in [-0.4, -0.2) is 78.9 Å². The summed E-state index contributed by atoms with van der Waals surface area (Å²) in [7, 11) is 1.60. The lowest BCUT2D eigenvalue weighted by Gasteiger charge is -2.39. The summed E-state index contributed by atoms with van der Waals surface area (Å²) in [6, 6.07) is -0.0496. The third kappa shape index (κ3) is 7.73. The molecule has 0 aromatic carbocycles. The molecule has 2 amide bonds. The Morgan fingerprint density at radius 3 is 2.64 bits per heavy atom. The van der Waals surface area contributed by atoms with Crippen LogP contribution in [0.25, 0.3) is 0 Å². The molecule has 36 heavy (non-hydrogen) atoms. The molecule has 9 heteroatoms. The van der Waals surface area contributed by atoms with Crippen molar-refractivity contribution in [3.8, 4) is 0 Å². The average Bonchev–Trinajstić information content (AvgIpc) is 3.59. The van der Waals surface area contributed by atoms with Gasteiger partial charge in [-0.1, -0.05) is 36.8 Å². The number of allylic oxidation sites excluding steroid dienone is 2. The van der Waals surface area contributed by atoms with E-state index >= 15 is 0 Å². The standard InChI is InChI=1S/C27H42N2O7/c1-16(7-10-23-26(32)27(15-34-27)14-20(36-23)13-24(28)30)6-9-22-17(2)12-21(19(4)35-22)29-25(31)11-8-18(3)33-5/h6-8,10-11,17-23,26,32H,9,12-15H2,1-5H3,(H2,28,30)(H,29,31)/b10-7+,11-8-,16-6+/t17?,18?,19?,20-,21?,22?,23?,26-,27?/m1/s1. The lowest BCUT2D eigenvalue weighted by Crippen LogP contribution is -2.50. The van der Waals surface area contributed by atoms with Crippen LogP contribution in [0.2, 0.25) is 0 Å². The smallest absolute Gasteiger partial charge is 0.244 e. The molecule has 4 N–H and O–H groups in total. The number of nitrogens with two attached hydrogens (primary N) is 1. The van der Waals surface area contributed by atoms with E-state index in [0.29, 0.717) is 13.0 Å². The molecule has 9 nitrogen and oxygen atoms in total. The van der Waals surface area contributed by atoms with Crippen LogP contribution in [0, 0.1) is 5.92 Å². The summed E-state index contributed by atoms with van der Waals surface area (Å²) in [6.07, 6.45) is 9.34. The van der Waals surface area contributed by atoms with Crippen LogP contribution in [0.4, 0.5) is 0 Å². The van der Waals surface area contributed by atoms with E-state index in [0.717, 1.165) is 18.4 Å². The summed E-state index contributed by atoms with van der Waals surface area (Å²) >= 11 is 0. The van der Waals surface area contributed by atoms with Gasteiger partial charge >= 0.3 is 0 Å². The van der Waals surface area contributed by atoms with Crippen molar-refractivity contribution in [3.05, 3.63) is 36.0 Å². The van der Waals surface area contributed by atoms with Gasteiger partial charge in [-0.2, -0.15) is 0 Å². The van der Waals surface area contributed by atoms with Gasteiger partial charge in [0.15, 0.2) is 0 Å². The van der Waals surface area contributed by atoms with Crippen LogP contribution in [0.1, 0.15) is 53.4 Å².